The van der Waals surface area contributed by atoms with Crippen molar-refractivity contribution in [1.82, 2.24) is 0 Å². The molecule has 0 aliphatic heterocycles. The molecule has 0 nitrogen and oxygen atoms in total. The van der Waals surface area contributed by atoms with E-state index in [0.717, 1.165) is 0 Å². The first-order valence-electron chi connectivity index (χ1n) is 6.50. The molecule has 0 N–H and O–H groups in total. The lowest BCUT2D eigenvalue weighted by molar-refractivity contribution is 1.23. The van der Waals surface area contributed by atoms with Gasteiger partial charge in [-0.1, -0.05) is 60.3 Å². The fourth-order valence-corrected chi connectivity index (χ4v) is 3.98. The maximum absolute atomic E-state index is 2.21. The van der Waals surface area contributed by atoms with Crippen molar-refractivity contribution in [2.45, 2.75) is 19.6 Å². The van der Waals surface area contributed by atoms with Crippen molar-refractivity contribution in [2.24, 2.45) is 0 Å². The van der Waals surface area contributed by atoms with Crippen molar-refractivity contribution in [3.63, 3.8) is 0 Å². The Kier molecular flexibility index (Phi) is 4.46. The summed E-state index contributed by atoms with van der Waals surface area (Å²) in [5, 5.41) is 0. The van der Waals surface area contributed by atoms with Crippen LogP contribution in [0.2, 0.25) is 0 Å². The molecule has 0 fully saturated rings. The molecule has 0 aromatic heterocycles. The largest absolute Gasteiger partial charge is 0.172 e. The lowest BCUT2D eigenvalue weighted by atomic mass is 10.4. The zero-order valence-corrected chi connectivity index (χ0v) is 12.6. The second-order valence-corrected chi connectivity index (χ2v) is 6.67. The maximum Gasteiger partial charge on any atom is 0.172 e. The molecule has 0 aliphatic carbocycles. The predicted molar refractivity (Wildman–Crippen MR) is 88.7 cm³/mol. The molecule has 0 unspecified atom stereocenters. The van der Waals surface area contributed by atoms with Gasteiger partial charge in [0.1, 0.15) is 0 Å². The van der Waals surface area contributed by atoms with Crippen LogP contribution in [-0.2, 0) is 11.8 Å². The summed E-state index contributed by atoms with van der Waals surface area (Å²) in [5.41, 5.74) is 0. The van der Waals surface area contributed by atoms with Crippen LogP contribution in [0.4, 0.5) is 0 Å². The Morgan fingerprint density at radius 3 is 1.95 bits per heavy atom. The molecule has 0 saturated carbocycles. The SMILES string of the molecule is c1ccc(Sc2ccccc2[SH+]c2ccccc2)cc1. The Labute approximate surface area is 128 Å². The predicted octanol–water partition coefficient (Wildman–Crippen LogP) is 5.07. The van der Waals surface area contributed by atoms with Crippen LogP contribution in [0.25, 0.3) is 0 Å². The lowest BCUT2D eigenvalue weighted by Gasteiger charge is -2.03. The summed E-state index contributed by atoms with van der Waals surface area (Å²) in [4.78, 5) is 5.29. The second kappa shape index (κ2) is 6.69. The van der Waals surface area contributed by atoms with E-state index in [-0.39, 0.29) is 0 Å². The first kappa shape index (κ1) is 13.3. The van der Waals surface area contributed by atoms with Crippen LogP contribution < -0.4 is 0 Å². The van der Waals surface area contributed by atoms with E-state index in [0.29, 0.717) is 0 Å². The summed E-state index contributed by atoms with van der Waals surface area (Å²) >= 11 is 3.09. The van der Waals surface area contributed by atoms with Crippen LogP contribution in [0.1, 0.15) is 0 Å². The average Bonchev–Trinajstić information content (AvgIpc) is 2.51. The van der Waals surface area contributed by atoms with Crippen molar-refractivity contribution in [3.8, 4) is 0 Å². The van der Waals surface area contributed by atoms with Gasteiger partial charge >= 0.3 is 0 Å². The van der Waals surface area contributed by atoms with Gasteiger partial charge in [0.15, 0.2) is 9.79 Å². The molecule has 3 aromatic rings. The summed E-state index contributed by atoms with van der Waals surface area (Å²) in [6.07, 6.45) is 0. The number of hydrogen-bond acceptors (Lipinski definition) is 1. The van der Waals surface area contributed by atoms with E-state index < -0.39 is 0 Å². The Hall–Kier alpha value is -1.64. The summed E-state index contributed by atoms with van der Waals surface area (Å²) in [5.74, 6) is 0. The fourth-order valence-electron chi connectivity index (χ4n) is 1.89. The van der Waals surface area contributed by atoms with Gasteiger partial charge in [-0.3, -0.25) is 0 Å². The van der Waals surface area contributed by atoms with Gasteiger partial charge in [0.25, 0.3) is 0 Å². The standard InChI is InChI=1S/C18H14S2/c1-3-9-15(10-4-1)19-17-13-7-8-14-18(17)20-16-11-5-2-6-12-16/h1-14H/p+1. The highest BCUT2D eigenvalue weighted by Gasteiger charge is 2.12. The van der Waals surface area contributed by atoms with Crippen LogP contribution in [0, 0.1) is 0 Å². The van der Waals surface area contributed by atoms with Crippen LogP contribution in [-0.4, -0.2) is 0 Å². The highest BCUT2D eigenvalue weighted by Crippen LogP contribution is 2.32. The average molecular weight is 295 g/mol. The fraction of sp³-hybridized carbons (Fsp3) is 0. The summed E-state index contributed by atoms with van der Waals surface area (Å²) in [6.45, 7) is 0. The minimum atomic E-state index is 1.26. The third-order valence-corrected chi connectivity index (χ3v) is 5.26. The van der Waals surface area contributed by atoms with Crippen LogP contribution in [0.5, 0.6) is 0 Å². The van der Waals surface area contributed by atoms with Gasteiger partial charge in [-0.25, -0.2) is 0 Å². The number of thiol groups is 1. The number of benzene rings is 3. The highest BCUT2D eigenvalue weighted by atomic mass is 32.2. The molecule has 0 saturated heterocycles. The van der Waals surface area contributed by atoms with Gasteiger partial charge in [0.05, 0.1) is 4.90 Å². The molecule has 0 amide bonds. The minimum absolute atomic E-state index is 1.26. The van der Waals surface area contributed by atoms with E-state index in [1.54, 1.807) is 0 Å². The smallest absolute Gasteiger partial charge is 0.0848 e. The number of hydrogen-bond donors (Lipinski definition) is 0. The van der Waals surface area contributed by atoms with Crippen LogP contribution in [0.15, 0.2) is 105 Å². The number of rotatable bonds is 4. The van der Waals surface area contributed by atoms with Crippen molar-refractivity contribution in [2.75, 3.05) is 0 Å². The lowest BCUT2D eigenvalue weighted by Crippen LogP contribution is -1.87. The zero-order chi connectivity index (χ0) is 13.6. The Morgan fingerprint density at radius 2 is 1.20 bits per heavy atom. The molecule has 0 heterocycles. The first-order valence-corrected chi connectivity index (χ1v) is 8.22. The Bertz CT molecular complexity index is 603. The summed E-state index contributed by atoms with van der Waals surface area (Å²) in [7, 11) is 0. The first-order chi connectivity index (χ1) is 9.92. The molecule has 2 heteroatoms. The molecule has 0 aliphatic rings. The van der Waals surface area contributed by atoms with Crippen molar-refractivity contribution in [1.29, 1.82) is 0 Å². The van der Waals surface area contributed by atoms with Crippen molar-refractivity contribution < 1.29 is 0 Å². The van der Waals surface area contributed by atoms with E-state index in [9.17, 15) is 0 Å². The molecule has 0 spiro atoms. The van der Waals surface area contributed by atoms with Gasteiger partial charge < -0.3 is 0 Å². The normalized spacial score (nSPS) is 10.4. The third-order valence-electron chi connectivity index (χ3n) is 2.84. The third kappa shape index (κ3) is 3.47. The molecular weight excluding hydrogens is 280 g/mol. The highest BCUT2D eigenvalue weighted by molar-refractivity contribution is 7.99. The summed E-state index contributed by atoms with van der Waals surface area (Å²) in [6, 6.07) is 29.7. The van der Waals surface area contributed by atoms with Gasteiger partial charge in [0.2, 0.25) is 0 Å². The van der Waals surface area contributed by atoms with E-state index >= 15 is 0 Å². The van der Waals surface area contributed by atoms with Crippen molar-refractivity contribution >= 4 is 23.5 Å². The van der Waals surface area contributed by atoms with Gasteiger partial charge in [-0.2, -0.15) is 0 Å². The molecular formula is C18H15S2+. The van der Waals surface area contributed by atoms with E-state index in [2.05, 4.69) is 84.9 Å². The molecule has 3 aromatic carbocycles. The Morgan fingerprint density at radius 1 is 0.600 bits per heavy atom. The molecule has 0 atom stereocenters. The topological polar surface area (TPSA) is 0 Å². The van der Waals surface area contributed by atoms with Gasteiger partial charge in [-0.15, -0.1) is 0 Å². The molecule has 98 valence electrons. The van der Waals surface area contributed by atoms with Gasteiger partial charge in [0, 0.05) is 16.7 Å². The van der Waals surface area contributed by atoms with Crippen LogP contribution in [0.3, 0.4) is 0 Å². The van der Waals surface area contributed by atoms with Gasteiger partial charge in [-0.05, 0) is 36.4 Å². The Balaban J connectivity index is 1.85. The molecule has 3 rings (SSSR count). The van der Waals surface area contributed by atoms with E-state index in [4.69, 9.17) is 0 Å². The molecule has 0 radical (unpaired) electrons. The monoisotopic (exact) mass is 295 g/mol. The molecule has 0 bridgehead atoms. The summed E-state index contributed by atoms with van der Waals surface area (Å²) < 4.78 is 0. The molecule has 20 heavy (non-hydrogen) atoms. The van der Waals surface area contributed by atoms with E-state index in [1.165, 1.54) is 31.3 Å². The minimum Gasteiger partial charge on any atom is -0.0848 e. The van der Waals surface area contributed by atoms with Crippen molar-refractivity contribution in [3.05, 3.63) is 84.9 Å². The van der Waals surface area contributed by atoms with E-state index in [1.807, 2.05) is 11.8 Å². The second-order valence-electron chi connectivity index (χ2n) is 4.33. The maximum atomic E-state index is 2.21. The van der Waals surface area contributed by atoms with Crippen LogP contribution >= 0.6 is 11.8 Å². The zero-order valence-electron chi connectivity index (χ0n) is 10.9. The quantitative estimate of drug-likeness (QED) is 0.478.